The van der Waals surface area contributed by atoms with Crippen molar-refractivity contribution in [3.63, 3.8) is 0 Å². The van der Waals surface area contributed by atoms with Gasteiger partial charge in [-0.25, -0.2) is 0 Å². The third-order valence-corrected chi connectivity index (χ3v) is 5.74. The molecule has 3 rings (SSSR count). The molecule has 2 aliphatic carbocycles. The van der Waals surface area contributed by atoms with E-state index in [9.17, 15) is 4.79 Å². The summed E-state index contributed by atoms with van der Waals surface area (Å²) in [4.78, 5) is 12.2. The fourth-order valence-corrected chi connectivity index (χ4v) is 4.72. The Morgan fingerprint density at radius 1 is 1.43 bits per heavy atom. The highest BCUT2D eigenvalue weighted by molar-refractivity contribution is 5.82. The van der Waals surface area contributed by atoms with Crippen molar-refractivity contribution in [2.75, 3.05) is 7.11 Å². The first-order valence-corrected chi connectivity index (χ1v) is 7.94. The van der Waals surface area contributed by atoms with Gasteiger partial charge in [-0.3, -0.25) is 4.79 Å². The number of benzene rings is 1. The van der Waals surface area contributed by atoms with Crippen LogP contribution in [-0.4, -0.2) is 12.9 Å². The summed E-state index contributed by atoms with van der Waals surface area (Å²) in [5.74, 6) is 2.04. The lowest BCUT2D eigenvalue weighted by Gasteiger charge is -2.50. The van der Waals surface area contributed by atoms with Crippen molar-refractivity contribution in [1.29, 1.82) is 0 Å². The van der Waals surface area contributed by atoms with Gasteiger partial charge in [0.1, 0.15) is 11.5 Å². The summed E-state index contributed by atoms with van der Waals surface area (Å²) in [6.45, 7) is 6.10. The predicted molar refractivity (Wildman–Crippen MR) is 84.7 cm³/mol. The number of rotatable bonds is 3. The van der Waals surface area contributed by atoms with E-state index in [0.29, 0.717) is 18.1 Å². The number of fused-ring (bicyclic) bond motifs is 3. The molecule has 0 N–H and O–H groups in total. The molecule has 0 aliphatic heterocycles. The van der Waals surface area contributed by atoms with Crippen LogP contribution in [0.1, 0.15) is 43.7 Å². The third kappa shape index (κ3) is 2.04. The maximum atomic E-state index is 12.2. The number of carbonyl (C=O) groups is 1. The van der Waals surface area contributed by atoms with E-state index in [4.69, 9.17) is 4.74 Å². The van der Waals surface area contributed by atoms with E-state index in [1.807, 2.05) is 6.08 Å². The second-order valence-corrected chi connectivity index (χ2v) is 6.54. The number of hydrogen-bond donors (Lipinski definition) is 0. The molecule has 0 bridgehead atoms. The van der Waals surface area contributed by atoms with Crippen LogP contribution in [0.25, 0.3) is 0 Å². The molecule has 0 spiro atoms. The van der Waals surface area contributed by atoms with Gasteiger partial charge in [0.25, 0.3) is 0 Å². The smallest absolute Gasteiger partial charge is 0.136 e. The van der Waals surface area contributed by atoms with E-state index in [2.05, 4.69) is 31.7 Å². The summed E-state index contributed by atoms with van der Waals surface area (Å²) >= 11 is 0. The summed E-state index contributed by atoms with van der Waals surface area (Å²) in [6, 6.07) is 6.39. The van der Waals surface area contributed by atoms with Crippen molar-refractivity contribution in [3.05, 3.63) is 42.0 Å². The number of hydrogen-bond acceptors (Lipinski definition) is 2. The van der Waals surface area contributed by atoms with E-state index < -0.39 is 0 Å². The van der Waals surface area contributed by atoms with E-state index in [1.165, 1.54) is 11.1 Å². The Balaban J connectivity index is 2.16. The minimum atomic E-state index is 0.0806. The van der Waals surface area contributed by atoms with Crippen LogP contribution < -0.4 is 4.74 Å². The molecule has 3 atom stereocenters. The van der Waals surface area contributed by atoms with Crippen LogP contribution in [0.5, 0.6) is 5.75 Å². The first-order valence-electron chi connectivity index (χ1n) is 7.94. The van der Waals surface area contributed by atoms with Gasteiger partial charge in [0.2, 0.25) is 0 Å². The first-order chi connectivity index (χ1) is 10.1. The monoisotopic (exact) mass is 284 g/mol. The highest BCUT2D eigenvalue weighted by atomic mass is 16.5. The molecular formula is C19H24O2. The maximum absolute atomic E-state index is 12.2. The summed E-state index contributed by atoms with van der Waals surface area (Å²) < 4.78 is 5.57. The Morgan fingerprint density at radius 3 is 2.95 bits per heavy atom. The highest BCUT2D eigenvalue weighted by Crippen LogP contribution is 2.54. The van der Waals surface area contributed by atoms with Crippen LogP contribution >= 0.6 is 0 Å². The molecule has 3 unspecified atom stereocenters. The fraction of sp³-hybridized carbons (Fsp3) is 0.526. The zero-order chi connectivity index (χ0) is 15.0. The van der Waals surface area contributed by atoms with E-state index >= 15 is 0 Å². The molecule has 2 aliphatic rings. The van der Waals surface area contributed by atoms with Crippen molar-refractivity contribution in [2.24, 2.45) is 11.8 Å². The van der Waals surface area contributed by atoms with Crippen LogP contribution in [0.3, 0.4) is 0 Å². The average molecular weight is 284 g/mol. The van der Waals surface area contributed by atoms with Crippen LogP contribution in [-0.2, 0) is 16.6 Å². The highest BCUT2D eigenvalue weighted by Gasteiger charge is 2.50. The Kier molecular flexibility index (Phi) is 3.64. The fourth-order valence-electron chi connectivity index (χ4n) is 4.72. The summed E-state index contributed by atoms with van der Waals surface area (Å²) in [6.07, 6.45) is 6.73. The van der Waals surface area contributed by atoms with Gasteiger partial charge in [0.15, 0.2) is 0 Å². The van der Waals surface area contributed by atoms with Crippen LogP contribution in [0.15, 0.2) is 30.9 Å². The molecule has 1 saturated carbocycles. The lowest BCUT2D eigenvalue weighted by molar-refractivity contribution is -0.129. The molecule has 112 valence electrons. The molecule has 1 aromatic carbocycles. The maximum Gasteiger partial charge on any atom is 0.136 e. The summed E-state index contributed by atoms with van der Waals surface area (Å²) in [5, 5.41) is 0. The number of Topliss-reactive ketones (excluding diaryl/α,β-unsaturated/α-hetero) is 1. The Bertz CT molecular complexity index is 575. The molecule has 0 heterocycles. The number of allylic oxidation sites excluding steroid dienone is 1. The number of carbonyl (C=O) groups excluding carboxylic acids is 1. The average Bonchev–Trinajstić information content (AvgIpc) is 2.51. The normalized spacial score (nSPS) is 31.2. The Hall–Kier alpha value is -1.57. The Labute approximate surface area is 127 Å². The van der Waals surface area contributed by atoms with Crippen molar-refractivity contribution in [1.82, 2.24) is 0 Å². The number of ketones is 1. The Morgan fingerprint density at radius 2 is 2.24 bits per heavy atom. The minimum absolute atomic E-state index is 0.0806. The van der Waals surface area contributed by atoms with Gasteiger partial charge < -0.3 is 4.74 Å². The molecule has 0 amide bonds. The van der Waals surface area contributed by atoms with Gasteiger partial charge in [-0.15, -0.1) is 6.58 Å². The van der Waals surface area contributed by atoms with Gasteiger partial charge in [0.05, 0.1) is 7.11 Å². The molecule has 1 aromatic rings. The molecule has 2 nitrogen and oxygen atoms in total. The SMILES string of the molecule is C=CCC12CCC(=O)C(C)C1CCc1c(OC)cccc12. The number of ether oxygens (including phenoxy) is 1. The van der Waals surface area contributed by atoms with Crippen LogP contribution in [0.2, 0.25) is 0 Å². The van der Waals surface area contributed by atoms with E-state index in [-0.39, 0.29) is 11.3 Å². The van der Waals surface area contributed by atoms with Crippen molar-refractivity contribution >= 4 is 5.78 Å². The topological polar surface area (TPSA) is 26.3 Å². The molecule has 0 saturated heterocycles. The summed E-state index contributed by atoms with van der Waals surface area (Å²) in [7, 11) is 1.74. The summed E-state index contributed by atoms with van der Waals surface area (Å²) in [5.41, 5.74) is 2.83. The standard InChI is InChI=1S/C19H24O2/c1-4-11-19-12-10-17(20)13(2)15(19)9-8-14-16(19)6-5-7-18(14)21-3/h4-7,13,15H,1,8-12H2,2-3H3. The molecule has 2 heteroatoms. The van der Waals surface area contributed by atoms with Gasteiger partial charge >= 0.3 is 0 Å². The molecule has 0 radical (unpaired) electrons. The van der Waals surface area contributed by atoms with Crippen LogP contribution in [0, 0.1) is 11.8 Å². The zero-order valence-corrected chi connectivity index (χ0v) is 13.0. The molecule has 0 aromatic heterocycles. The quantitative estimate of drug-likeness (QED) is 0.782. The van der Waals surface area contributed by atoms with Gasteiger partial charge in [-0.1, -0.05) is 25.1 Å². The van der Waals surface area contributed by atoms with Gasteiger partial charge in [-0.2, -0.15) is 0 Å². The first kappa shape index (κ1) is 14.4. The van der Waals surface area contributed by atoms with Gasteiger partial charge in [-0.05, 0) is 48.8 Å². The van der Waals surface area contributed by atoms with Crippen molar-refractivity contribution in [2.45, 2.75) is 44.4 Å². The number of methoxy groups -OCH3 is 1. The predicted octanol–water partition coefficient (Wildman–Crippen LogP) is 4.07. The molecular weight excluding hydrogens is 260 g/mol. The van der Waals surface area contributed by atoms with Gasteiger partial charge in [0, 0.05) is 17.8 Å². The third-order valence-electron chi connectivity index (χ3n) is 5.74. The van der Waals surface area contributed by atoms with Crippen molar-refractivity contribution in [3.8, 4) is 5.75 Å². The second kappa shape index (κ2) is 5.32. The largest absolute Gasteiger partial charge is 0.496 e. The molecule has 1 fully saturated rings. The second-order valence-electron chi connectivity index (χ2n) is 6.54. The lowest BCUT2D eigenvalue weighted by Crippen LogP contribution is -2.48. The van der Waals surface area contributed by atoms with Crippen LogP contribution in [0.4, 0.5) is 0 Å². The van der Waals surface area contributed by atoms with E-state index in [0.717, 1.165) is 31.4 Å². The van der Waals surface area contributed by atoms with E-state index in [1.54, 1.807) is 7.11 Å². The minimum Gasteiger partial charge on any atom is -0.496 e. The lowest BCUT2D eigenvalue weighted by atomic mass is 9.52. The zero-order valence-electron chi connectivity index (χ0n) is 13.0. The molecule has 21 heavy (non-hydrogen) atoms. The van der Waals surface area contributed by atoms with Crippen molar-refractivity contribution < 1.29 is 9.53 Å².